The molecule has 0 saturated carbocycles. The van der Waals surface area contributed by atoms with Gasteiger partial charge in [0.1, 0.15) is 5.75 Å². The number of rotatable bonds is 6. The van der Waals surface area contributed by atoms with Crippen LogP contribution in [0.15, 0.2) is 54.6 Å². The SMILES string of the molecule is COc1ccc(CCC(=O)N2CCCC(c3nnnn3-c3ccccc3)C2)cc1. The maximum atomic E-state index is 12.8. The average Bonchev–Trinajstić information content (AvgIpc) is 3.28. The number of methoxy groups -OCH3 is 1. The van der Waals surface area contributed by atoms with Crippen molar-refractivity contribution >= 4 is 5.91 Å². The molecule has 4 rings (SSSR count). The lowest BCUT2D eigenvalue weighted by atomic mass is 9.96. The van der Waals surface area contributed by atoms with Gasteiger partial charge in [-0.15, -0.1) is 5.10 Å². The van der Waals surface area contributed by atoms with Gasteiger partial charge in [0.15, 0.2) is 5.82 Å². The number of hydrogen-bond donors (Lipinski definition) is 0. The molecule has 7 heteroatoms. The van der Waals surface area contributed by atoms with Gasteiger partial charge in [-0.05, 0) is 59.5 Å². The quantitative estimate of drug-likeness (QED) is 0.646. The Morgan fingerprint density at radius 2 is 1.93 bits per heavy atom. The summed E-state index contributed by atoms with van der Waals surface area (Å²) in [4.78, 5) is 14.8. The van der Waals surface area contributed by atoms with Crippen molar-refractivity contribution in [1.82, 2.24) is 25.1 Å². The summed E-state index contributed by atoms with van der Waals surface area (Å²) in [7, 11) is 1.65. The summed E-state index contributed by atoms with van der Waals surface area (Å²) < 4.78 is 6.97. The fraction of sp³-hybridized carbons (Fsp3) is 0.364. The van der Waals surface area contributed by atoms with E-state index in [4.69, 9.17) is 4.74 Å². The highest BCUT2D eigenvalue weighted by Gasteiger charge is 2.28. The summed E-state index contributed by atoms with van der Waals surface area (Å²) in [5, 5.41) is 12.3. The third-order valence-corrected chi connectivity index (χ3v) is 5.42. The highest BCUT2D eigenvalue weighted by atomic mass is 16.5. The minimum atomic E-state index is 0.142. The van der Waals surface area contributed by atoms with E-state index >= 15 is 0 Å². The van der Waals surface area contributed by atoms with Gasteiger partial charge in [0.25, 0.3) is 0 Å². The summed E-state index contributed by atoms with van der Waals surface area (Å²) in [5.41, 5.74) is 2.08. The van der Waals surface area contributed by atoms with E-state index in [9.17, 15) is 4.79 Å². The standard InChI is InChI=1S/C22H25N5O2/c1-29-20-12-9-17(10-13-20)11-14-21(28)26-15-5-6-18(16-26)22-23-24-25-27(22)19-7-3-2-4-8-19/h2-4,7-10,12-13,18H,5-6,11,14-16H2,1H3. The second-order valence-corrected chi connectivity index (χ2v) is 7.31. The van der Waals surface area contributed by atoms with Crippen molar-refractivity contribution in [2.24, 2.45) is 0 Å². The number of aromatic nitrogens is 4. The number of aryl methyl sites for hydroxylation is 1. The predicted octanol–water partition coefficient (Wildman–Crippen LogP) is 3.01. The molecular formula is C22H25N5O2. The van der Waals surface area contributed by atoms with Gasteiger partial charge in [0, 0.05) is 25.4 Å². The average molecular weight is 391 g/mol. The highest BCUT2D eigenvalue weighted by Crippen LogP contribution is 2.27. The van der Waals surface area contributed by atoms with Crippen LogP contribution < -0.4 is 4.74 Å². The Morgan fingerprint density at radius 1 is 1.14 bits per heavy atom. The highest BCUT2D eigenvalue weighted by molar-refractivity contribution is 5.76. The Kier molecular flexibility index (Phi) is 5.84. The van der Waals surface area contributed by atoms with Gasteiger partial charge in [-0.1, -0.05) is 30.3 Å². The molecule has 1 aliphatic rings. The summed E-state index contributed by atoms with van der Waals surface area (Å²) in [6.45, 7) is 1.46. The molecule has 1 saturated heterocycles. The summed E-state index contributed by atoms with van der Waals surface area (Å²) in [5.74, 6) is 1.98. The van der Waals surface area contributed by atoms with Crippen LogP contribution in [0.1, 0.15) is 36.6 Å². The van der Waals surface area contributed by atoms with Crippen LogP contribution in [0, 0.1) is 0 Å². The number of hydrogen-bond acceptors (Lipinski definition) is 5. The van der Waals surface area contributed by atoms with Gasteiger partial charge >= 0.3 is 0 Å². The molecule has 1 unspecified atom stereocenters. The summed E-state index contributed by atoms with van der Waals surface area (Å²) in [6, 6.07) is 17.8. The first-order valence-corrected chi connectivity index (χ1v) is 9.99. The molecule has 2 aromatic carbocycles. The van der Waals surface area contributed by atoms with E-state index in [1.165, 1.54) is 0 Å². The number of carbonyl (C=O) groups excluding carboxylic acids is 1. The van der Waals surface area contributed by atoms with Crippen molar-refractivity contribution < 1.29 is 9.53 Å². The van der Waals surface area contributed by atoms with Gasteiger partial charge in [-0.3, -0.25) is 4.79 Å². The number of benzene rings is 2. The number of amides is 1. The fourth-order valence-electron chi connectivity index (χ4n) is 3.82. The van der Waals surface area contributed by atoms with Crippen LogP contribution in [-0.4, -0.2) is 51.2 Å². The molecule has 2 heterocycles. The van der Waals surface area contributed by atoms with Crippen LogP contribution in [0.2, 0.25) is 0 Å². The van der Waals surface area contributed by atoms with Crippen molar-refractivity contribution in [3.63, 3.8) is 0 Å². The van der Waals surface area contributed by atoms with Crippen molar-refractivity contribution in [3.8, 4) is 11.4 Å². The van der Waals surface area contributed by atoms with Gasteiger partial charge in [0.05, 0.1) is 12.8 Å². The van der Waals surface area contributed by atoms with E-state index in [0.29, 0.717) is 13.0 Å². The lowest BCUT2D eigenvalue weighted by molar-refractivity contribution is -0.132. The first-order chi connectivity index (χ1) is 14.2. The minimum Gasteiger partial charge on any atom is -0.497 e. The maximum Gasteiger partial charge on any atom is 0.222 e. The zero-order chi connectivity index (χ0) is 20.1. The largest absolute Gasteiger partial charge is 0.497 e. The van der Waals surface area contributed by atoms with Crippen molar-refractivity contribution in [3.05, 3.63) is 66.0 Å². The number of nitrogens with zero attached hydrogens (tertiary/aromatic N) is 5. The number of carbonyl (C=O) groups is 1. The molecule has 1 fully saturated rings. The first-order valence-electron chi connectivity index (χ1n) is 9.99. The third-order valence-electron chi connectivity index (χ3n) is 5.42. The van der Waals surface area contributed by atoms with E-state index in [1.807, 2.05) is 59.5 Å². The van der Waals surface area contributed by atoms with Crippen molar-refractivity contribution in [2.75, 3.05) is 20.2 Å². The minimum absolute atomic E-state index is 0.142. The van der Waals surface area contributed by atoms with Crippen LogP contribution in [0.5, 0.6) is 5.75 Å². The summed E-state index contributed by atoms with van der Waals surface area (Å²) >= 11 is 0. The number of tetrazole rings is 1. The third kappa shape index (κ3) is 4.45. The lowest BCUT2D eigenvalue weighted by Crippen LogP contribution is -2.39. The molecule has 1 atom stereocenters. The molecule has 0 bridgehead atoms. The van der Waals surface area contributed by atoms with Crippen LogP contribution in [0.25, 0.3) is 5.69 Å². The van der Waals surface area contributed by atoms with E-state index < -0.39 is 0 Å². The number of para-hydroxylation sites is 1. The molecule has 0 aliphatic carbocycles. The number of ether oxygens (including phenoxy) is 1. The maximum absolute atomic E-state index is 12.8. The summed E-state index contributed by atoms with van der Waals surface area (Å²) in [6.07, 6.45) is 3.17. The Hall–Kier alpha value is -3.22. The van der Waals surface area contributed by atoms with E-state index in [2.05, 4.69) is 15.5 Å². The van der Waals surface area contributed by atoms with Crippen molar-refractivity contribution in [2.45, 2.75) is 31.6 Å². The zero-order valence-electron chi connectivity index (χ0n) is 16.6. The molecule has 150 valence electrons. The normalized spacial score (nSPS) is 16.6. The van der Waals surface area contributed by atoms with Crippen LogP contribution >= 0.6 is 0 Å². The Labute approximate surface area is 170 Å². The van der Waals surface area contributed by atoms with Gasteiger partial charge in [-0.25, -0.2) is 0 Å². The second kappa shape index (κ2) is 8.86. The number of likely N-dealkylation sites (tertiary alicyclic amines) is 1. The van der Waals surface area contributed by atoms with Crippen molar-refractivity contribution in [1.29, 1.82) is 0 Å². The van der Waals surface area contributed by atoms with Crippen LogP contribution in [0.4, 0.5) is 0 Å². The number of piperidine rings is 1. The van der Waals surface area contributed by atoms with E-state index in [0.717, 1.165) is 48.6 Å². The topological polar surface area (TPSA) is 73.1 Å². The van der Waals surface area contributed by atoms with Crippen LogP contribution in [0.3, 0.4) is 0 Å². The van der Waals surface area contributed by atoms with Gasteiger partial charge < -0.3 is 9.64 Å². The fourth-order valence-corrected chi connectivity index (χ4v) is 3.82. The molecule has 0 spiro atoms. The molecule has 3 aromatic rings. The molecule has 7 nitrogen and oxygen atoms in total. The molecule has 0 N–H and O–H groups in total. The Balaban J connectivity index is 1.39. The zero-order valence-corrected chi connectivity index (χ0v) is 16.6. The molecule has 1 amide bonds. The van der Waals surface area contributed by atoms with Gasteiger partial charge in [-0.2, -0.15) is 4.68 Å². The Morgan fingerprint density at radius 3 is 2.69 bits per heavy atom. The second-order valence-electron chi connectivity index (χ2n) is 7.31. The smallest absolute Gasteiger partial charge is 0.222 e. The molecule has 1 aliphatic heterocycles. The Bertz CT molecular complexity index is 939. The van der Waals surface area contributed by atoms with E-state index in [-0.39, 0.29) is 11.8 Å². The predicted molar refractivity (Wildman–Crippen MR) is 109 cm³/mol. The monoisotopic (exact) mass is 391 g/mol. The molecule has 0 radical (unpaired) electrons. The van der Waals surface area contributed by atoms with Gasteiger partial charge in [0.2, 0.25) is 5.91 Å². The molecular weight excluding hydrogens is 366 g/mol. The van der Waals surface area contributed by atoms with Crippen LogP contribution in [-0.2, 0) is 11.2 Å². The van der Waals surface area contributed by atoms with E-state index in [1.54, 1.807) is 11.8 Å². The first kappa shape index (κ1) is 19.1. The lowest BCUT2D eigenvalue weighted by Gasteiger charge is -2.32. The molecule has 29 heavy (non-hydrogen) atoms. The molecule has 1 aromatic heterocycles.